The van der Waals surface area contributed by atoms with Gasteiger partial charge < -0.3 is 0 Å². The third-order valence-electron chi connectivity index (χ3n) is 10.6. The first-order valence-corrected chi connectivity index (χ1v) is 21.9. The number of aryl methyl sites for hydroxylation is 2. The van der Waals surface area contributed by atoms with Gasteiger partial charge in [-0.3, -0.25) is 0 Å². The van der Waals surface area contributed by atoms with E-state index >= 15 is 0 Å². The molecule has 0 aliphatic carbocycles. The zero-order chi connectivity index (χ0) is 33.0. The predicted molar refractivity (Wildman–Crippen MR) is 207 cm³/mol. The molecule has 0 bridgehead atoms. The van der Waals surface area contributed by atoms with Crippen LogP contribution in [0.5, 0.6) is 0 Å². The summed E-state index contributed by atoms with van der Waals surface area (Å²) in [5, 5.41) is 0. The Hall–Kier alpha value is -0.790. The van der Waals surface area contributed by atoms with Gasteiger partial charge in [0.2, 0.25) is 0 Å². The monoisotopic (exact) mass is 644 g/mol. The van der Waals surface area contributed by atoms with Crippen molar-refractivity contribution in [3.63, 3.8) is 0 Å². The van der Waals surface area contributed by atoms with Gasteiger partial charge in [-0.2, -0.15) is 0 Å². The van der Waals surface area contributed by atoms with E-state index in [0.29, 0.717) is 0 Å². The molecule has 1 aromatic rings. The fraction of sp³-hybridized carbons (Fsp3) is 0.932. The van der Waals surface area contributed by atoms with Gasteiger partial charge in [0.05, 0.1) is 13.1 Å². The molecular formula is C44H87N2+. The molecule has 0 spiro atoms. The largest absolute Gasteiger partial charge is 0.256 e. The first-order valence-electron chi connectivity index (χ1n) is 21.9. The Balaban J connectivity index is 2.27. The standard InChI is InChI=1S/C44H87N2/c1-4-7-10-13-16-19-21-23-24-25-27-30-33-36-39-44-45(40-37-34-31-28-18-15-12-9-6-3)42-43-46(44)41-38-35-32-29-26-22-20-17-14-11-8-5-2/h42-43H,4-41H2,1-3H3/q+1. The minimum absolute atomic E-state index is 1.23. The molecule has 2 nitrogen and oxygen atoms in total. The van der Waals surface area contributed by atoms with Crippen molar-refractivity contribution in [2.75, 3.05) is 0 Å². The first-order chi connectivity index (χ1) is 22.8. The lowest BCUT2D eigenvalue weighted by Gasteiger charge is -2.07. The Bertz CT molecular complexity index is 707. The average Bonchev–Trinajstić information content (AvgIpc) is 3.45. The quantitative estimate of drug-likeness (QED) is 0.0501. The predicted octanol–water partition coefficient (Wildman–Crippen LogP) is 15.0. The number of rotatable bonds is 38. The number of unbranched alkanes of at least 4 members (excludes halogenated alkanes) is 32. The first kappa shape index (κ1) is 43.2. The summed E-state index contributed by atoms with van der Waals surface area (Å²) in [5.41, 5.74) is 0. The maximum absolute atomic E-state index is 2.65. The van der Waals surface area contributed by atoms with E-state index in [9.17, 15) is 0 Å². The van der Waals surface area contributed by atoms with Gasteiger partial charge in [-0.05, 0) is 32.1 Å². The van der Waals surface area contributed by atoms with E-state index in [4.69, 9.17) is 0 Å². The molecule has 0 fully saturated rings. The molecule has 0 amide bonds. The van der Waals surface area contributed by atoms with Crippen LogP contribution in [0.25, 0.3) is 0 Å². The van der Waals surface area contributed by atoms with Crippen molar-refractivity contribution in [1.29, 1.82) is 0 Å². The van der Waals surface area contributed by atoms with Crippen molar-refractivity contribution in [2.24, 2.45) is 0 Å². The van der Waals surface area contributed by atoms with Crippen LogP contribution in [0.3, 0.4) is 0 Å². The second-order valence-electron chi connectivity index (χ2n) is 15.2. The highest BCUT2D eigenvalue weighted by atomic mass is 15.1. The lowest BCUT2D eigenvalue weighted by atomic mass is 10.0. The maximum atomic E-state index is 2.65. The summed E-state index contributed by atoms with van der Waals surface area (Å²) in [4.78, 5) is 0. The van der Waals surface area contributed by atoms with Crippen LogP contribution in [0.15, 0.2) is 12.4 Å². The van der Waals surface area contributed by atoms with Gasteiger partial charge in [0.1, 0.15) is 12.4 Å². The highest BCUT2D eigenvalue weighted by molar-refractivity contribution is 4.84. The molecule has 1 aromatic heterocycles. The summed E-state index contributed by atoms with van der Waals surface area (Å²) in [7, 11) is 0. The van der Waals surface area contributed by atoms with Crippen LogP contribution in [0, 0.1) is 0 Å². The van der Waals surface area contributed by atoms with Gasteiger partial charge in [-0.15, -0.1) is 0 Å². The van der Waals surface area contributed by atoms with E-state index in [1.54, 1.807) is 5.82 Å². The van der Waals surface area contributed by atoms with Gasteiger partial charge in [-0.25, -0.2) is 9.13 Å². The molecule has 0 N–H and O–H groups in total. The molecule has 46 heavy (non-hydrogen) atoms. The SMILES string of the molecule is CCCCCCCCCCCCCCCCc1n(CCCCCCCCCCCCCC)cc[n+]1CCCCCCCCCCC. The fourth-order valence-corrected chi connectivity index (χ4v) is 7.39. The maximum Gasteiger partial charge on any atom is 0.256 e. The molecule has 1 heterocycles. The Morgan fingerprint density at radius 1 is 0.370 bits per heavy atom. The summed E-state index contributed by atoms with van der Waals surface area (Å²) < 4.78 is 5.29. The molecule has 0 unspecified atom stereocenters. The van der Waals surface area contributed by atoms with Gasteiger partial charge in [0.25, 0.3) is 5.82 Å². The van der Waals surface area contributed by atoms with Crippen LogP contribution in [-0.2, 0) is 19.5 Å². The van der Waals surface area contributed by atoms with E-state index in [1.165, 1.54) is 244 Å². The molecular weight excluding hydrogens is 556 g/mol. The van der Waals surface area contributed by atoms with E-state index in [2.05, 4.69) is 42.3 Å². The van der Waals surface area contributed by atoms with Crippen LogP contribution in [-0.4, -0.2) is 4.57 Å². The summed E-state index contributed by atoms with van der Waals surface area (Å²) in [5.74, 6) is 1.63. The van der Waals surface area contributed by atoms with E-state index in [1.807, 2.05) is 0 Å². The highest BCUT2D eigenvalue weighted by Crippen LogP contribution is 2.16. The van der Waals surface area contributed by atoms with Crippen LogP contribution < -0.4 is 4.57 Å². The lowest BCUT2D eigenvalue weighted by molar-refractivity contribution is -0.704. The van der Waals surface area contributed by atoms with Crippen LogP contribution in [0.1, 0.15) is 251 Å². The number of hydrogen-bond acceptors (Lipinski definition) is 0. The number of aromatic nitrogens is 2. The Labute approximate surface area is 291 Å². The Kier molecular flexibility index (Phi) is 33.4. The molecule has 0 aliphatic rings. The van der Waals surface area contributed by atoms with Crippen molar-refractivity contribution >= 4 is 0 Å². The molecule has 1 rings (SSSR count). The number of nitrogens with zero attached hydrogens (tertiary/aromatic N) is 2. The Morgan fingerprint density at radius 2 is 0.674 bits per heavy atom. The van der Waals surface area contributed by atoms with Crippen molar-refractivity contribution in [3.8, 4) is 0 Å². The molecule has 0 aliphatic heterocycles. The molecule has 0 aromatic carbocycles. The molecule has 0 saturated heterocycles. The smallest absolute Gasteiger partial charge is 0.234 e. The summed E-state index contributed by atoms with van der Waals surface area (Å²) in [6.45, 7) is 9.41. The van der Waals surface area contributed by atoms with Crippen LogP contribution in [0.2, 0.25) is 0 Å². The fourth-order valence-electron chi connectivity index (χ4n) is 7.39. The van der Waals surface area contributed by atoms with E-state index in [-0.39, 0.29) is 0 Å². The van der Waals surface area contributed by atoms with E-state index in [0.717, 1.165) is 0 Å². The van der Waals surface area contributed by atoms with Crippen LogP contribution >= 0.6 is 0 Å². The second kappa shape index (κ2) is 35.5. The Morgan fingerprint density at radius 3 is 1.04 bits per heavy atom. The zero-order valence-corrected chi connectivity index (χ0v) is 32.4. The zero-order valence-electron chi connectivity index (χ0n) is 32.4. The van der Waals surface area contributed by atoms with Gasteiger partial charge in [0.15, 0.2) is 0 Å². The molecule has 2 heteroatoms. The highest BCUT2D eigenvalue weighted by Gasteiger charge is 2.16. The summed E-state index contributed by atoms with van der Waals surface area (Å²) >= 11 is 0. The molecule has 272 valence electrons. The minimum Gasteiger partial charge on any atom is -0.234 e. The normalized spacial score (nSPS) is 11.6. The molecule has 0 radical (unpaired) electrons. The van der Waals surface area contributed by atoms with Gasteiger partial charge >= 0.3 is 0 Å². The van der Waals surface area contributed by atoms with Crippen molar-refractivity contribution in [3.05, 3.63) is 18.2 Å². The third-order valence-corrected chi connectivity index (χ3v) is 10.6. The van der Waals surface area contributed by atoms with Crippen molar-refractivity contribution in [1.82, 2.24) is 4.57 Å². The topological polar surface area (TPSA) is 8.81 Å². The van der Waals surface area contributed by atoms with Gasteiger partial charge in [-0.1, -0.05) is 213 Å². The van der Waals surface area contributed by atoms with Crippen molar-refractivity contribution in [2.45, 2.75) is 265 Å². The van der Waals surface area contributed by atoms with Gasteiger partial charge in [0, 0.05) is 6.42 Å². The molecule has 0 saturated carbocycles. The number of imidazole rings is 1. The average molecular weight is 644 g/mol. The second-order valence-corrected chi connectivity index (χ2v) is 15.2. The summed E-state index contributed by atoms with van der Waals surface area (Å²) in [6.07, 6.45) is 56.3. The molecule has 0 atom stereocenters. The van der Waals surface area contributed by atoms with Crippen molar-refractivity contribution < 1.29 is 4.57 Å². The minimum atomic E-state index is 1.23. The summed E-state index contributed by atoms with van der Waals surface area (Å²) in [6, 6.07) is 0. The third kappa shape index (κ3) is 27.2. The lowest BCUT2D eigenvalue weighted by Crippen LogP contribution is -2.37. The van der Waals surface area contributed by atoms with E-state index < -0.39 is 0 Å². The van der Waals surface area contributed by atoms with Crippen LogP contribution in [0.4, 0.5) is 0 Å². The number of hydrogen-bond donors (Lipinski definition) is 0.